The van der Waals surface area contributed by atoms with Gasteiger partial charge in [-0.05, 0) is 30.5 Å². The van der Waals surface area contributed by atoms with Crippen LogP contribution in [0.2, 0.25) is 0 Å². The number of hydrogen-bond donors (Lipinski definition) is 4. The van der Waals surface area contributed by atoms with Crippen LogP contribution in [-0.2, 0) is 0 Å². The predicted octanol–water partition coefficient (Wildman–Crippen LogP) is 1.52. The van der Waals surface area contributed by atoms with Crippen LogP contribution in [-0.4, -0.2) is 27.7 Å². The van der Waals surface area contributed by atoms with E-state index >= 15 is 0 Å². The summed E-state index contributed by atoms with van der Waals surface area (Å²) in [5.74, 6) is 0.239. The maximum absolute atomic E-state index is 11.2. The summed E-state index contributed by atoms with van der Waals surface area (Å²) in [5.41, 5.74) is 2.51. The lowest BCUT2D eigenvalue weighted by atomic mass is 10.1. The summed E-state index contributed by atoms with van der Waals surface area (Å²) in [6.07, 6.45) is -0.349. The average Bonchev–Trinajstić information content (AvgIpc) is 2.74. The molecule has 19 heavy (non-hydrogen) atoms. The number of aliphatic hydroxyl groups is 1. The molecule has 2 rings (SSSR count). The van der Waals surface area contributed by atoms with Crippen molar-refractivity contribution in [3.05, 3.63) is 34.2 Å². The molecule has 0 aliphatic rings. The third-order valence-electron chi connectivity index (χ3n) is 3.44. The Hall–Kier alpha value is -1.59. The molecule has 0 spiro atoms. The Kier molecular flexibility index (Phi) is 4.07. The molecule has 2 aromatic rings. The van der Waals surface area contributed by atoms with Crippen molar-refractivity contribution in [2.24, 2.45) is 5.92 Å². The average molecular weight is 263 g/mol. The summed E-state index contributed by atoms with van der Waals surface area (Å²) in [7, 11) is 0. The number of benzene rings is 1. The van der Waals surface area contributed by atoms with Gasteiger partial charge in [0.2, 0.25) is 0 Å². The monoisotopic (exact) mass is 263 g/mol. The zero-order chi connectivity index (χ0) is 14.0. The fraction of sp³-hybridized carbons (Fsp3) is 0.500. The van der Waals surface area contributed by atoms with Crippen molar-refractivity contribution in [3.63, 3.8) is 0 Å². The van der Waals surface area contributed by atoms with Crippen molar-refractivity contribution in [3.8, 4) is 0 Å². The molecule has 0 bridgehead atoms. The van der Waals surface area contributed by atoms with Crippen LogP contribution in [0.25, 0.3) is 11.0 Å². The number of rotatable bonds is 5. The molecule has 5 nitrogen and oxygen atoms in total. The van der Waals surface area contributed by atoms with Gasteiger partial charge in [0.25, 0.3) is 0 Å². The van der Waals surface area contributed by atoms with Gasteiger partial charge in [-0.15, -0.1) is 0 Å². The summed E-state index contributed by atoms with van der Waals surface area (Å²) in [6, 6.07) is 5.94. The van der Waals surface area contributed by atoms with Crippen LogP contribution in [0, 0.1) is 5.92 Å². The van der Waals surface area contributed by atoms with E-state index in [4.69, 9.17) is 0 Å². The molecular weight excluding hydrogens is 242 g/mol. The van der Waals surface area contributed by atoms with E-state index in [0.717, 1.165) is 16.6 Å². The zero-order valence-electron chi connectivity index (χ0n) is 11.5. The van der Waals surface area contributed by atoms with Crippen molar-refractivity contribution in [2.75, 3.05) is 6.54 Å². The largest absolute Gasteiger partial charge is 0.392 e. The standard InChI is InChI=1S/C14H21N3O2/c1-8(2)13(18)7-15-9(3)10-4-5-11-12(6-10)17-14(19)16-11/h4-6,8-9,13,15,18H,7H2,1-3H3,(H2,16,17,19). The van der Waals surface area contributed by atoms with Gasteiger partial charge in [-0.1, -0.05) is 19.9 Å². The van der Waals surface area contributed by atoms with Gasteiger partial charge >= 0.3 is 5.69 Å². The maximum atomic E-state index is 11.2. The first-order valence-corrected chi connectivity index (χ1v) is 6.60. The first-order valence-electron chi connectivity index (χ1n) is 6.60. The highest BCUT2D eigenvalue weighted by molar-refractivity contribution is 5.75. The van der Waals surface area contributed by atoms with Gasteiger partial charge < -0.3 is 20.4 Å². The van der Waals surface area contributed by atoms with E-state index in [1.165, 1.54) is 0 Å². The summed E-state index contributed by atoms with van der Waals surface area (Å²) < 4.78 is 0. The first-order chi connectivity index (χ1) is 8.97. The van der Waals surface area contributed by atoms with Crippen molar-refractivity contribution in [1.29, 1.82) is 0 Å². The molecule has 5 heteroatoms. The Labute approximate surface area is 112 Å². The number of imidazole rings is 1. The summed E-state index contributed by atoms with van der Waals surface area (Å²) in [4.78, 5) is 16.7. The van der Waals surface area contributed by atoms with Gasteiger partial charge in [0.1, 0.15) is 0 Å². The zero-order valence-corrected chi connectivity index (χ0v) is 11.5. The fourth-order valence-corrected chi connectivity index (χ4v) is 1.97. The lowest BCUT2D eigenvalue weighted by Gasteiger charge is -2.19. The second-order valence-corrected chi connectivity index (χ2v) is 5.33. The molecule has 2 atom stereocenters. The van der Waals surface area contributed by atoms with Crippen LogP contribution >= 0.6 is 0 Å². The third kappa shape index (κ3) is 3.24. The number of aromatic nitrogens is 2. The highest BCUT2D eigenvalue weighted by Gasteiger charge is 2.12. The van der Waals surface area contributed by atoms with Crippen molar-refractivity contribution >= 4 is 11.0 Å². The van der Waals surface area contributed by atoms with Gasteiger partial charge in [0, 0.05) is 12.6 Å². The lowest BCUT2D eigenvalue weighted by molar-refractivity contribution is 0.121. The number of H-pyrrole nitrogens is 2. The Morgan fingerprint density at radius 2 is 1.89 bits per heavy atom. The molecule has 4 N–H and O–H groups in total. The minimum Gasteiger partial charge on any atom is -0.392 e. The van der Waals surface area contributed by atoms with Crippen LogP contribution in [0.1, 0.15) is 32.4 Å². The van der Waals surface area contributed by atoms with Crippen LogP contribution in [0.15, 0.2) is 23.0 Å². The highest BCUT2D eigenvalue weighted by Crippen LogP contribution is 2.17. The molecule has 0 saturated carbocycles. The fourth-order valence-electron chi connectivity index (χ4n) is 1.97. The van der Waals surface area contributed by atoms with Crippen LogP contribution in [0.3, 0.4) is 0 Å². The summed E-state index contributed by atoms with van der Waals surface area (Å²) >= 11 is 0. The van der Waals surface area contributed by atoms with Gasteiger partial charge in [-0.2, -0.15) is 0 Å². The van der Waals surface area contributed by atoms with Crippen molar-refractivity contribution in [1.82, 2.24) is 15.3 Å². The van der Waals surface area contributed by atoms with E-state index in [0.29, 0.717) is 6.54 Å². The Balaban J connectivity index is 2.08. The van der Waals surface area contributed by atoms with E-state index in [1.807, 2.05) is 39.0 Å². The van der Waals surface area contributed by atoms with Gasteiger partial charge in [0.05, 0.1) is 17.1 Å². The molecule has 0 aliphatic heterocycles. The van der Waals surface area contributed by atoms with E-state index in [9.17, 15) is 9.90 Å². The summed E-state index contributed by atoms with van der Waals surface area (Å²) in [5, 5.41) is 13.1. The van der Waals surface area contributed by atoms with E-state index < -0.39 is 0 Å². The second-order valence-electron chi connectivity index (χ2n) is 5.33. The molecular formula is C14H21N3O2. The predicted molar refractivity (Wildman–Crippen MR) is 76.2 cm³/mol. The van der Waals surface area contributed by atoms with Gasteiger partial charge in [0.15, 0.2) is 0 Å². The van der Waals surface area contributed by atoms with Gasteiger partial charge in [-0.25, -0.2) is 4.79 Å². The SMILES string of the molecule is CC(NCC(O)C(C)C)c1ccc2[nH]c(=O)[nH]c2c1. The molecule has 1 aromatic heterocycles. The minimum absolute atomic E-state index is 0.121. The Bertz CT molecular complexity index is 600. The van der Waals surface area contributed by atoms with E-state index in [-0.39, 0.29) is 23.8 Å². The molecule has 1 aromatic carbocycles. The lowest BCUT2D eigenvalue weighted by Crippen LogP contribution is -2.32. The van der Waals surface area contributed by atoms with Crippen LogP contribution in [0.4, 0.5) is 0 Å². The highest BCUT2D eigenvalue weighted by atomic mass is 16.3. The molecule has 0 fully saturated rings. The molecule has 0 amide bonds. The summed E-state index contributed by atoms with van der Waals surface area (Å²) in [6.45, 7) is 6.58. The molecule has 0 aliphatic carbocycles. The minimum atomic E-state index is -0.349. The Morgan fingerprint density at radius 1 is 1.21 bits per heavy atom. The first kappa shape index (κ1) is 13.8. The topological polar surface area (TPSA) is 80.9 Å². The molecule has 1 heterocycles. The molecule has 0 radical (unpaired) electrons. The quantitative estimate of drug-likeness (QED) is 0.660. The number of fused-ring (bicyclic) bond motifs is 1. The van der Waals surface area contributed by atoms with Crippen molar-refractivity contribution < 1.29 is 5.11 Å². The number of aliphatic hydroxyl groups excluding tert-OH is 1. The van der Waals surface area contributed by atoms with Crippen LogP contribution < -0.4 is 11.0 Å². The maximum Gasteiger partial charge on any atom is 0.323 e. The smallest absolute Gasteiger partial charge is 0.323 e. The normalized spacial score (nSPS) is 15.0. The van der Waals surface area contributed by atoms with Crippen LogP contribution in [0.5, 0.6) is 0 Å². The van der Waals surface area contributed by atoms with E-state index in [2.05, 4.69) is 15.3 Å². The third-order valence-corrected chi connectivity index (χ3v) is 3.44. The number of hydrogen-bond acceptors (Lipinski definition) is 3. The van der Waals surface area contributed by atoms with Gasteiger partial charge in [-0.3, -0.25) is 0 Å². The number of nitrogens with one attached hydrogen (secondary N) is 3. The number of aromatic amines is 2. The van der Waals surface area contributed by atoms with E-state index in [1.54, 1.807) is 0 Å². The molecule has 104 valence electrons. The molecule has 2 unspecified atom stereocenters. The Morgan fingerprint density at radius 3 is 2.58 bits per heavy atom. The molecule has 0 saturated heterocycles. The van der Waals surface area contributed by atoms with Crippen molar-refractivity contribution in [2.45, 2.75) is 32.9 Å². The second kappa shape index (κ2) is 5.59.